The van der Waals surface area contributed by atoms with Crippen molar-refractivity contribution >= 4 is 32.9 Å². The summed E-state index contributed by atoms with van der Waals surface area (Å²) in [6.45, 7) is 0.552. The van der Waals surface area contributed by atoms with E-state index >= 15 is 0 Å². The molecule has 2 N–H and O–H groups in total. The topological polar surface area (TPSA) is 70.9 Å². The lowest BCUT2D eigenvalue weighted by Crippen LogP contribution is -2.25. The van der Waals surface area contributed by atoms with Crippen molar-refractivity contribution in [3.63, 3.8) is 0 Å². The number of hydrogen-bond acceptors (Lipinski definition) is 3. The highest BCUT2D eigenvalue weighted by molar-refractivity contribution is 9.10. The molecule has 0 atom stereocenters. The van der Waals surface area contributed by atoms with Crippen LogP contribution in [0.5, 0.6) is 0 Å². The zero-order chi connectivity index (χ0) is 13.9. The van der Waals surface area contributed by atoms with Crippen LogP contribution >= 0.6 is 15.9 Å². The van der Waals surface area contributed by atoms with Gasteiger partial charge in [-0.15, -0.1) is 0 Å². The Bertz CT molecular complexity index is 748. The van der Waals surface area contributed by atoms with Crippen LogP contribution in [0, 0.1) is 0 Å². The fourth-order valence-electron chi connectivity index (χ4n) is 1.98. The highest BCUT2D eigenvalue weighted by atomic mass is 79.9. The molecule has 0 unspecified atom stereocenters. The summed E-state index contributed by atoms with van der Waals surface area (Å²) < 4.78 is 5.74. The molecule has 1 aromatic carbocycles. The van der Waals surface area contributed by atoms with Crippen molar-refractivity contribution in [3.05, 3.63) is 52.7 Å². The summed E-state index contributed by atoms with van der Waals surface area (Å²) in [4.78, 5) is 19.0. The number of aromatic nitrogens is 2. The monoisotopic (exact) mass is 333 g/mol. The van der Waals surface area contributed by atoms with E-state index in [0.717, 1.165) is 23.0 Å². The molecule has 0 aliphatic heterocycles. The molecule has 2 aromatic heterocycles. The number of rotatable bonds is 4. The normalized spacial score (nSPS) is 10.8. The summed E-state index contributed by atoms with van der Waals surface area (Å²) in [6, 6.07) is 9.35. The van der Waals surface area contributed by atoms with Gasteiger partial charge in [0, 0.05) is 6.54 Å². The lowest BCUT2D eigenvalue weighted by atomic mass is 10.1. The van der Waals surface area contributed by atoms with E-state index in [-0.39, 0.29) is 5.91 Å². The zero-order valence-electron chi connectivity index (χ0n) is 10.5. The maximum absolute atomic E-state index is 11.8. The van der Waals surface area contributed by atoms with Crippen molar-refractivity contribution in [3.8, 4) is 0 Å². The van der Waals surface area contributed by atoms with E-state index in [0.29, 0.717) is 17.0 Å². The molecule has 0 aliphatic carbocycles. The first-order valence-corrected chi connectivity index (χ1v) is 6.97. The number of carbonyl (C=O) groups excluding carboxylic acids is 1. The minimum Gasteiger partial charge on any atom is -0.444 e. The molecule has 0 radical (unpaired) electrons. The Hall–Kier alpha value is -2.08. The highest BCUT2D eigenvalue weighted by Crippen LogP contribution is 2.14. The summed E-state index contributed by atoms with van der Waals surface area (Å²) in [5, 5.41) is 2.82. The number of fused-ring (bicyclic) bond motifs is 1. The van der Waals surface area contributed by atoms with Gasteiger partial charge in [0.05, 0.1) is 17.4 Å². The Morgan fingerprint density at radius 1 is 1.35 bits per heavy atom. The molecule has 2 heterocycles. The molecule has 0 saturated carbocycles. The van der Waals surface area contributed by atoms with Crippen LogP contribution < -0.4 is 5.32 Å². The average Bonchev–Trinajstić information content (AvgIpc) is 3.06. The number of aromatic amines is 1. The van der Waals surface area contributed by atoms with Gasteiger partial charge in [0.2, 0.25) is 0 Å². The van der Waals surface area contributed by atoms with Crippen LogP contribution in [0.15, 0.2) is 45.7 Å². The van der Waals surface area contributed by atoms with Gasteiger partial charge < -0.3 is 14.7 Å². The minimum absolute atomic E-state index is 0.210. The summed E-state index contributed by atoms with van der Waals surface area (Å²) >= 11 is 3.17. The smallest absolute Gasteiger partial charge is 0.287 e. The number of nitrogens with one attached hydrogen (secondary N) is 2. The van der Waals surface area contributed by atoms with E-state index in [1.807, 2.05) is 18.2 Å². The first-order valence-electron chi connectivity index (χ1n) is 6.18. The average molecular weight is 334 g/mol. The van der Waals surface area contributed by atoms with Crippen molar-refractivity contribution in [2.24, 2.45) is 0 Å². The summed E-state index contributed by atoms with van der Waals surface area (Å²) in [7, 11) is 0. The highest BCUT2D eigenvalue weighted by Gasteiger charge is 2.09. The molecule has 5 nitrogen and oxygen atoms in total. The van der Waals surface area contributed by atoms with Gasteiger partial charge in [-0.05, 0) is 52.2 Å². The molecular formula is C14H12BrN3O2. The molecule has 0 bridgehead atoms. The molecule has 0 spiro atoms. The fourth-order valence-corrected chi connectivity index (χ4v) is 2.29. The van der Waals surface area contributed by atoms with E-state index in [1.165, 1.54) is 0 Å². The number of carbonyl (C=O) groups is 1. The molecule has 102 valence electrons. The van der Waals surface area contributed by atoms with E-state index < -0.39 is 0 Å². The minimum atomic E-state index is -0.210. The zero-order valence-corrected chi connectivity index (χ0v) is 12.1. The molecule has 20 heavy (non-hydrogen) atoms. The van der Waals surface area contributed by atoms with E-state index in [9.17, 15) is 4.79 Å². The number of benzene rings is 1. The van der Waals surface area contributed by atoms with Gasteiger partial charge >= 0.3 is 0 Å². The molecule has 3 aromatic rings. The lowest BCUT2D eigenvalue weighted by molar-refractivity contribution is 0.0925. The van der Waals surface area contributed by atoms with Crippen LogP contribution in [-0.2, 0) is 6.42 Å². The van der Waals surface area contributed by atoms with Crippen LogP contribution in [0.2, 0.25) is 0 Å². The van der Waals surface area contributed by atoms with Crippen LogP contribution in [0.1, 0.15) is 16.1 Å². The fraction of sp³-hybridized carbons (Fsp3) is 0.143. The SMILES string of the molecule is O=C(NCCc1ccc2nc[nH]c2c1)c1ccc(Br)o1. The van der Waals surface area contributed by atoms with Gasteiger partial charge in [-0.2, -0.15) is 0 Å². The number of halogens is 1. The molecule has 0 aliphatic rings. The third-order valence-corrected chi connectivity index (χ3v) is 3.41. The van der Waals surface area contributed by atoms with Gasteiger partial charge in [0.25, 0.3) is 5.91 Å². The Morgan fingerprint density at radius 3 is 3.05 bits per heavy atom. The Morgan fingerprint density at radius 2 is 2.25 bits per heavy atom. The van der Waals surface area contributed by atoms with Crippen molar-refractivity contribution in [1.29, 1.82) is 0 Å². The van der Waals surface area contributed by atoms with Crippen LogP contribution in [0.3, 0.4) is 0 Å². The predicted molar refractivity (Wildman–Crippen MR) is 78.5 cm³/mol. The Balaban J connectivity index is 1.58. The standard InChI is InChI=1S/C14H12BrN3O2/c15-13-4-3-12(20-13)14(19)16-6-5-9-1-2-10-11(7-9)18-8-17-10/h1-4,7-8H,5-6H2,(H,16,19)(H,17,18). The number of amides is 1. The molecule has 0 saturated heterocycles. The third-order valence-electron chi connectivity index (χ3n) is 2.98. The molecule has 3 rings (SSSR count). The number of H-pyrrole nitrogens is 1. The van der Waals surface area contributed by atoms with Crippen LogP contribution in [0.4, 0.5) is 0 Å². The van der Waals surface area contributed by atoms with Crippen LogP contribution in [0.25, 0.3) is 11.0 Å². The van der Waals surface area contributed by atoms with Crippen molar-refractivity contribution < 1.29 is 9.21 Å². The van der Waals surface area contributed by atoms with Crippen LogP contribution in [-0.4, -0.2) is 22.4 Å². The quantitative estimate of drug-likeness (QED) is 0.771. The van der Waals surface area contributed by atoms with Gasteiger partial charge in [-0.25, -0.2) is 4.98 Å². The Labute approximate surface area is 123 Å². The van der Waals surface area contributed by atoms with E-state index in [4.69, 9.17) is 4.42 Å². The number of imidazole rings is 1. The van der Waals surface area contributed by atoms with E-state index in [1.54, 1.807) is 18.5 Å². The first kappa shape index (κ1) is 12.9. The van der Waals surface area contributed by atoms with Crippen molar-refractivity contribution in [2.75, 3.05) is 6.54 Å². The number of furan rings is 1. The van der Waals surface area contributed by atoms with Crippen molar-refractivity contribution in [2.45, 2.75) is 6.42 Å². The summed E-state index contributed by atoms with van der Waals surface area (Å²) in [5.41, 5.74) is 3.09. The maximum Gasteiger partial charge on any atom is 0.287 e. The van der Waals surface area contributed by atoms with Gasteiger partial charge in [-0.1, -0.05) is 6.07 Å². The van der Waals surface area contributed by atoms with Crippen molar-refractivity contribution in [1.82, 2.24) is 15.3 Å². The second-order valence-electron chi connectivity index (χ2n) is 4.36. The second kappa shape index (κ2) is 5.50. The molecular weight excluding hydrogens is 322 g/mol. The van der Waals surface area contributed by atoms with Gasteiger partial charge in [-0.3, -0.25) is 4.79 Å². The second-order valence-corrected chi connectivity index (χ2v) is 5.15. The molecule has 6 heteroatoms. The van der Waals surface area contributed by atoms with Gasteiger partial charge in [0.15, 0.2) is 10.4 Å². The maximum atomic E-state index is 11.8. The van der Waals surface area contributed by atoms with Gasteiger partial charge in [0.1, 0.15) is 0 Å². The first-order chi connectivity index (χ1) is 9.72. The predicted octanol–water partition coefficient (Wildman–Crippen LogP) is 2.89. The number of hydrogen-bond donors (Lipinski definition) is 2. The Kier molecular flexibility index (Phi) is 3.56. The van der Waals surface area contributed by atoms with E-state index in [2.05, 4.69) is 31.2 Å². The lowest BCUT2D eigenvalue weighted by Gasteiger charge is -2.03. The summed E-state index contributed by atoms with van der Waals surface area (Å²) in [5.74, 6) is 0.0965. The largest absolute Gasteiger partial charge is 0.444 e. The number of nitrogens with zero attached hydrogens (tertiary/aromatic N) is 1. The third kappa shape index (κ3) is 2.75. The molecule has 1 amide bonds. The summed E-state index contributed by atoms with van der Waals surface area (Å²) in [6.07, 6.45) is 2.42. The molecule has 0 fully saturated rings.